The molecule has 1 heterocycles. The summed E-state index contributed by atoms with van der Waals surface area (Å²) in [4.78, 5) is 2.37. The van der Waals surface area contributed by atoms with E-state index in [-0.39, 0.29) is 10.6 Å². The highest BCUT2D eigenvalue weighted by atomic mass is 79.9. The second-order valence-corrected chi connectivity index (χ2v) is 9.39. The monoisotopic (exact) mass is 453 g/mol. The molecule has 0 spiro atoms. The molecule has 0 bridgehead atoms. The normalized spacial score (nSPS) is 20.4. The first-order valence-electron chi connectivity index (χ1n) is 8.76. The maximum atomic E-state index is 12.9. The minimum atomic E-state index is -3.77. The highest BCUT2D eigenvalue weighted by molar-refractivity contribution is 9.10. The molecule has 1 aliphatic rings. The Bertz CT molecular complexity index is 910. The first-order chi connectivity index (χ1) is 12.8. The van der Waals surface area contributed by atoms with E-state index in [1.54, 1.807) is 18.2 Å². The van der Waals surface area contributed by atoms with Crippen molar-refractivity contribution in [1.29, 1.82) is 0 Å². The lowest BCUT2D eigenvalue weighted by Crippen LogP contribution is -2.54. The third-order valence-electron chi connectivity index (χ3n) is 4.44. The lowest BCUT2D eigenvalue weighted by Gasteiger charge is -2.37. The molecule has 1 aliphatic heterocycles. The summed E-state index contributed by atoms with van der Waals surface area (Å²) in [6.45, 7) is 6.05. The van der Waals surface area contributed by atoms with Crippen LogP contribution in [0.5, 0.6) is 5.75 Å². The topological polar surface area (TPSA) is 70.7 Å². The highest BCUT2D eigenvalue weighted by Crippen LogP contribution is 2.30. The van der Waals surface area contributed by atoms with Gasteiger partial charge in [-0.25, -0.2) is 8.42 Å². The molecule has 2 N–H and O–H groups in total. The van der Waals surface area contributed by atoms with Gasteiger partial charge in [-0.15, -0.1) is 0 Å². The summed E-state index contributed by atoms with van der Waals surface area (Å²) in [7, 11) is -2.32. The van der Waals surface area contributed by atoms with Crippen LogP contribution in [0.25, 0.3) is 0 Å². The van der Waals surface area contributed by atoms with Gasteiger partial charge in [0, 0.05) is 35.3 Å². The number of halogens is 1. The van der Waals surface area contributed by atoms with E-state index >= 15 is 0 Å². The van der Waals surface area contributed by atoms with Crippen molar-refractivity contribution in [1.82, 2.24) is 5.32 Å². The molecule has 27 heavy (non-hydrogen) atoms. The Hall–Kier alpha value is -1.77. The molecular weight excluding hydrogens is 430 g/mol. The van der Waals surface area contributed by atoms with Crippen LogP contribution in [0.15, 0.2) is 51.8 Å². The second kappa shape index (κ2) is 8.08. The number of nitrogens with one attached hydrogen (secondary N) is 2. The van der Waals surface area contributed by atoms with E-state index in [0.717, 1.165) is 23.2 Å². The summed E-state index contributed by atoms with van der Waals surface area (Å²) >= 11 is 3.33. The summed E-state index contributed by atoms with van der Waals surface area (Å²) in [6.07, 6.45) is 0. The molecular formula is C19H24BrN3O3S. The van der Waals surface area contributed by atoms with E-state index in [0.29, 0.717) is 17.8 Å². The number of rotatable bonds is 5. The fourth-order valence-corrected chi connectivity index (χ4v) is 4.92. The average Bonchev–Trinajstić information content (AvgIpc) is 2.60. The van der Waals surface area contributed by atoms with Gasteiger partial charge in [-0.1, -0.05) is 22.0 Å². The summed E-state index contributed by atoms with van der Waals surface area (Å²) in [5, 5.41) is 3.50. The van der Waals surface area contributed by atoms with Crippen molar-refractivity contribution in [3.63, 3.8) is 0 Å². The van der Waals surface area contributed by atoms with Crippen LogP contribution in [0.2, 0.25) is 0 Å². The Balaban J connectivity index is 1.86. The van der Waals surface area contributed by atoms with E-state index in [4.69, 9.17) is 4.74 Å². The van der Waals surface area contributed by atoms with Gasteiger partial charge >= 0.3 is 0 Å². The van der Waals surface area contributed by atoms with Crippen LogP contribution >= 0.6 is 15.9 Å². The van der Waals surface area contributed by atoms with Crippen molar-refractivity contribution in [2.45, 2.75) is 30.8 Å². The smallest absolute Gasteiger partial charge is 0.265 e. The minimum Gasteiger partial charge on any atom is -0.495 e. The van der Waals surface area contributed by atoms with Gasteiger partial charge in [-0.3, -0.25) is 4.72 Å². The van der Waals surface area contributed by atoms with Gasteiger partial charge in [0.1, 0.15) is 10.6 Å². The van der Waals surface area contributed by atoms with Crippen LogP contribution in [-0.4, -0.2) is 40.7 Å². The quantitative estimate of drug-likeness (QED) is 0.725. The lowest BCUT2D eigenvalue weighted by atomic mass is 10.1. The molecule has 2 atom stereocenters. The molecule has 1 fully saturated rings. The van der Waals surface area contributed by atoms with Crippen molar-refractivity contribution in [2.75, 3.05) is 29.8 Å². The van der Waals surface area contributed by atoms with Crippen molar-refractivity contribution in [3.8, 4) is 5.75 Å². The van der Waals surface area contributed by atoms with Gasteiger partial charge in [0.25, 0.3) is 10.0 Å². The van der Waals surface area contributed by atoms with Gasteiger partial charge in [0.2, 0.25) is 0 Å². The third-order valence-corrected chi connectivity index (χ3v) is 6.35. The zero-order chi connectivity index (χ0) is 19.6. The summed E-state index contributed by atoms with van der Waals surface area (Å²) in [5.41, 5.74) is 1.52. The fourth-order valence-electron chi connectivity index (χ4n) is 3.38. The van der Waals surface area contributed by atoms with Crippen LogP contribution in [0.3, 0.4) is 0 Å². The van der Waals surface area contributed by atoms with Crippen molar-refractivity contribution >= 4 is 37.3 Å². The molecule has 0 radical (unpaired) electrons. The molecule has 0 aromatic heterocycles. The Morgan fingerprint density at radius 2 is 1.85 bits per heavy atom. The zero-order valence-corrected chi connectivity index (χ0v) is 18.0. The van der Waals surface area contributed by atoms with Gasteiger partial charge in [-0.05, 0) is 50.2 Å². The van der Waals surface area contributed by atoms with E-state index in [1.165, 1.54) is 13.2 Å². The Morgan fingerprint density at radius 3 is 2.52 bits per heavy atom. The molecule has 0 amide bonds. The number of hydrogen-bond acceptors (Lipinski definition) is 5. The predicted octanol–water partition coefficient (Wildman–Crippen LogP) is 3.45. The van der Waals surface area contributed by atoms with Crippen molar-refractivity contribution in [3.05, 3.63) is 46.9 Å². The summed E-state index contributed by atoms with van der Waals surface area (Å²) in [6, 6.07) is 13.1. The molecule has 0 aliphatic carbocycles. The number of anilines is 2. The van der Waals surface area contributed by atoms with Crippen molar-refractivity contribution in [2.24, 2.45) is 0 Å². The molecule has 2 unspecified atom stereocenters. The first-order valence-corrected chi connectivity index (χ1v) is 11.0. The van der Waals surface area contributed by atoms with E-state index < -0.39 is 10.0 Å². The molecule has 6 nitrogen and oxygen atoms in total. The number of ether oxygens (including phenoxy) is 1. The maximum absolute atomic E-state index is 12.9. The first kappa shape index (κ1) is 20.0. The number of nitrogens with zero attached hydrogens (tertiary/aromatic N) is 1. The maximum Gasteiger partial charge on any atom is 0.265 e. The summed E-state index contributed by atoms with van der Waals surface area (Å²) in [5.74, 6) is 0.290. The number of sulfonamides is 1. The molecule has 1 saturated heterocycles. The largest absolute Gasteiger partial charge is 0.495 e. The number of hydrogen-bond donors (Lipinski definition) is 2. The Kier molecular flexibility index (Phi) is 5.98. The minimum absolute atomic E-state index is 0.100. The van der Waals surface area contributed by atoms with Gasteiger partial charge < -0.3 is 15.0 Å². The Labute approximate surface area is 169 Å². The number of methoxy groups -OCH3 is 1. The van der Waals surface area contributed by atoms with Gasteiger partial charge in [0.05, 0.1) is 12.8 Å². The van der Waals surface area contributed by atoms with Crippen LogP contribution in [0.4, 0.5) is 11.4 Å². The van der Waals surface area contributed by atoms with Crippen LogP contribution in [0, 0.1) is 0 Å². The number of piperazine rings is 1. The second-order valence-electron chi connectivity index (χ2n) is 6.82. The van der Waals surface area contributed by atoms with Gasteiger partial charge in [-0.2, -0.15) is 0 Å². The van der Waals surface area contributed by atoms with Crippen molar-refractivity contribution < 1.29 is 13.2 Å². The van der Waals surface area contributed by atoms with Gasteiger partial charge in [0.15, 0.2) is 0 Å². The fraction of sp³-hybridized carbons (Fsp3) is 0.368. The van der Waals surface area contributed by atoms with E-state index in [2.05, 4.69) is 44.7 Å². The molecule has 146 valence electrons. The van der Waals surface area contributed by atoms with Crippen LogP contribution < -0.4 is 19.7 Å². The van der Waals surface area contributed by atoms with Crippen LogP contribution in [0.1, 0.15) is 13.8 Å². The summed E-state index contributed by atoms with van der Waals surface area (Å²) < 4.78 is 34.4. The highest BCUT2D eigenvalue weighted by Gasteiger charge is 2.23. The van der Waals surface area contributed by atoms with E-state index in [9.17, 15) is 8.42 Å². The molecule has 2 aromatic rings. The zero-order valence-electron chi connectivity index (χ0n) is 15.6. The number of benzene rings is 2. The molecule has 3 rings (SSSR count). The molecule has 2 aromatic carbocycles. The lowest BCUT2D eigenvalue weighted by molar-refractivity contribution is 0.402. The predicted molar refractivity (Wildman–Crippen MR) is 112 cm³/mol. The van der Waals surface area contributed by atoms with E-state index in [1.807, 2.05) is 18.2 Å². The Morgan fingerprint density at radius 1 is 1.15 bits per heavy atom. The average molecular weight is 454 g/mol. The standard InChI is InChI=1S/C19H24BrN3O3S/c1-13-11-23(12-14(2)21-13)17-6-4-5-16(10-17)22-27(24,25)19-8-7-15(20)9-18(19)26-3/h4-10,13-14,21-22H,11-12H2,1-3H3. The molecule has 8 heteroatoms. The van der Waals surface area contributed by atoms with Crippen LogP contribution in [-0.2, 0) is 10.0 Å². The molecule has 0 saturated carbocycles. The third kappa shape index (κ3) is 4.75. The SMILES string of the molecule is COc1cc(Br)ccc1S(=O)(=O)Nc1cccc(N2CC(C)NC(C)C2)c1.